The van der Waals surface area contributed by atoms with E-state index in [4.69, 9.17) is 9.63 Å². The van der Waals surface area contributed by atoms with E-state index in [0.29, 0.717) is 24.8 Å². The standard InChI is InChI=1S/C13H17N3O2/c1-2-16(8-9-17)10-12-14-13(18-15-12)11-6-4-3-5-7-11/h3-7,17H,2,8-10H2,1H3. The second-order valence-corrected chi connectivity index (χ2v) is 3.97. The molecule has 96 valence electrons. The SMILES string of the molecule is CCN(CCO)Cc1noc(-c2ccccc2)n1. The third kappa shape index (κ3) is 3.15. The first kappa shape index (κ1) is 12.7. The molecule has 0 bridgehead atoms. The largest absolute Gasteiger partial charge is 0.395 e. The molecule has 5 nitrogen and oxygen atoms in total. The predicted molar refractivity (Wildman–Crippen MR) is 67.8 cm³/mol. The van der Waals surface area contributed by atoms with Crippen molar-refractivity contribution in [3.05, 3.63) is 36.2 Å². The molecule has 2 rings (SSSR count). The number of aliphatic hydroxyl groups excluding tert-OH is 1. The van der Waals surface area contributed by atoms with Crippen LogP contribution >= 0.6 is 0 Å². The fourth-order valence-corrected chi connectivity index (χ4v) is 1.71. The highest BCUT2D eigenvalue weighted by Crippen LogP contribution is 2.16. The maximum Gasteiger partial charge on any atom is 0.257 e. The van der Waals surface area contributed by atoms with Crippen LogP contribution in [0.15, 0.2) is 34.9 Å². The Morgan fingerprint density at radius 3 is 2.72 bits per heavy atom. The van der Waals surface area contributed by atoms with Crippen LogP contribution in [0, 0.1) is 0 Å². The van der Waals surface area contributed by atoms with Crippen molar-refractivity contribution in [2.45, 2.75) is 13.5 Å². The topological polar surface area (TPSA) is 62.4 Å². The number of nitrogens with zero attached hydrogens (tertiary/aromatic N) is 3. The Bertz CT molecular complexity index is 470. The van der Waals surface area contributed by atoms with Crippen molar-refractivity contribution >= 4 is 0 Å². The molecule has 5 heteroatoms. The molecule has 0 saturated carbocycles. The maximum atomic E-state index is 8.92. The van der Waals surface area contributed by atoms with Crippen molar-refractivity contribution in [1.29, 1.82) is 0 Å². The summed E-state index contributed by atoms with van der Waals surface area (Å²) in [4.78, 5) is 6.40. The molecular formula is C13H17N3O2. The molecule has 1 heterocycles. The molecule has 0 aliphatic heterocycles. The predicted octanol–water partition coefficient (Wildman–Crippen LogP) is 1.55. The number of hydrogen-bond donors (Lipinski definition) is 1. The smallest absolute Gasteiger partial charge is 0.257 e. The van der Waals surface area contributed by atoms with Gasteiger partial charge in [-0.1, -0.05) is 30.3 Å². The van der Waals surface area contributed by atoms with Crippen molar-refractivity contribution in [2.24, 2.45) is 0 Å². The lowest BCUT2D eigenvalue weighted by molar-refractivity contribution is 0.192. The van der Waals surface area contributed by atoms with Gasteiger partial charge in [-0.05, 0) is 18.7 Å². The fraction of sp³-hybridized carbons (Fsp3) is 0.385. The first-order valence-corrected chi connectivity index (χ1v) is 6.04. The van der Waals surface area contributed by atoms with Crippen molar-refractivity contribution in [3.8, 4) is 11.5 Å². The van der Waals surface area contributed by atoms with Crippen LogP contribution in [0.25, 0.3) is 11.5 Å². The van der Waals surface area contributed by atoms with Crippen molar-refractivity contribution in [2.75, 3.05) is 19.7 Å². The van der Waals surface area contributed by atoms with E-state index in [1.54, 1.807) is 0 Å². The summed E-state index contributed by atoms with van der Waals surface area (Å²) in [5, 5.41) is 12.9. The van der Waals surface area contributed by atoms with Crippen LogP contribution in [0.4, 0.5) is 0 Å². The van der Waals surface area contributed by atoms with E-state index in [2.05, 4.69) is 15.0 Å². The Balaban J connectivity index is 2.06. The normalized spacial score (nSPS) is 11.1. The van der Waals surface area contributed by atoms with Crippen LogP contribution in [0.5, 0.6) is 0 Å². The molecule has 0 atom stereocenters. The lowest BCUT2D eigenvalue weighted by atomic mass is 10.2. The summed E-state index contributed by atoms with van der Waals surface area (Å²) in [7, 11) is 0. The number of rotatable bonds is 6. The molecule has 0 unspecified atom stereocenters. The van der Waals surface area contributed by atoms with E-state index >= 15 is 0 Å². The Kier molecular flexibility index (Phi) is 4.44. The van der Waals surface area contributed by atoms with Gasteiger partial charge in [-0.2, -0.15) is 4.98 Å². The molecule has 2 aromatic rings. The lowest BCUT2D eigenvalue weighted by Crippen LogP contribution is -2.26. The second kappa shape index (κ2) is 6.28. The number of benzene rings is 1. The average molecular weight is 247 g/mol. The summed E-state index contributed by atoms with van der Waals surface area (Å²) in [6.45, 7) is 4.22. The van der Waals surface area contributed by atoms with Crippen LogP contribution in [-0.2, 0) is 6.54 Å². The number of aromatic nitrogens is 2. The molecule has 0 fully saturated rings. The van der Waals surface area contributed by atoms with Crippen molar-refractivity contribution in [3.63, 3.8) is 0 Å². The summed E-state index contributed by atoms with van der Waals surface area (Å²) < 4.78 is 5.22. The van der Waals surface area contributed by atoms with Gasteiger partial charge in [-0.25, -0.2) is 0 Å². The molecule has 1 aromatic heterocycles. The van der Waals surface area contributed by atoms with Gasteiger partial charge in [0.1, 0.15) is 0 Å². The summed E-state index contributed by atoms with van der Waals surface area (Å²) in [5.74, 6) is 1.18. The van der Waals surface area contributed by atoms with E-state index in [1.165, 1.54) is 0 Å². The summed E-state index contributed by atoms with van der Waals surface area (Å²) >= 11 is 0. The van der Waals surface area contributed by atoms with Crippen molar-refractivity contribution < 1.29 is 9.63 Å². The monoisotopic (exact) mass is 247 g/mol. The third-order valence-electron chi connectivity index (χ3n) is 2.72. The van der Waals surface area contributed by atoms with Crippen LogP contribution in [-0.4, -0.2) is 39.8 Å². The van der Waals surface area contributed by atoms with E-state index in [9.17, 15) is 0 Å². The minimum Gasteiger partial charge on any atom is -0.395 e. The molecule has 18 heavy (non-hydrogen) atoms. The Morgan fingerprint density at radius 1 is 1.28 bits per heavy atom. The van der Waals surface area contributed by atoms with E-state index in [-0.39, 0.29) is 6.61 Å². The minimum atomic E-state index is 0.136. The zero-order valence-electron chi connectivity index (χ0n) is 10.4. The Labute approximate surface area is 106 Å². The highest BCUT2D eigenvalue weighted by Gasteiger charge is 2.11. The molecule has 0 amide bonds. The number of hydrogen-bond acceptors (Lipinski definition) is 5. The van der Waals surface area contributed by atoms with Crippen LogP contribution < -0.4 is 0 Å². The molecule has 0 aliphatic carbocycles. The van der Waals surface area contributed by atoms with Gasteiger partial charge in [0.25, 0.3) is 5.89 Å². The maximum absolute atomic E-state index is 8.92. The zero-order chi connectivity index (χ0) is 12.8. The quantitative estimate of drug-likeness (QED) is 0.839. The molecule has 0 saturated heterocycles. The van der Waals surface area contributed by atoms with Gasteiger partial charge in [0.15, 0.2) is 5.82 Å². The second-order valence-electron chi connectivity index (χ2n) is 3.97. The van der Waals surface area contributed by atoms with Crippen LogP contribution in [0.2, 0.25) is 0 Å². The molecule has 0 spiro atoms. The molecule has 1 N–H and O–H groups in total. The number of likely N-dealkylation sites (N-methyl/N-ethyl adjacent to an activating group) is 1. The van der Waals surface area contributed by atoms with E-state index < -0.39 is 0 Å². The average Bonchev–Trinajstić information content (AvgIpc) is 2.88. The van der Waals surface area contributed by atoms with Gasteiger partial charge in [0.05, 0.1) is 13.2 Å². The van der Waals surface area contributed by atoms with Crippen LogP contribution in [0.1, 0.15) is 12.7 Å². The van der Waals surface area contributed by atoms with Gasteiger partial charge in [-0.3, -0.25) is 4.90 Å². The fourth-order valence-electron chi connectivity index (χ4n) is 1.71. The highest BCUT2D eigenvalue weighted by molar-refractivity contribution is 5.51. The first-order valence-electron chi connectivity index (χ1n) is 6.04. The zero-order valence-corrected chi connectivity index (χ0v) is 10.4. The van der Waals surface area contributed by atoms with Crippen molar-refractivity contribution in [1.82, 2.24) is 15.0 Å². The van der Waals surface area contributed by atoms with Gasteiger partial charge in [-0.15, -0.1) is 0 Å². The minimum absolute atomic E-state index is 0.136. The van der Waals surface area contributed by atoms with Gasteiger partial charge in [0, 0.05) is 12.1 Å². The van der Waals surface area contributed by atoms with Gasteiger partial charge >= 0.3 is 0 Å². The molecule has 0 aliphatic rings. The molecule has 0 radical (unpaired) electrons. The molecule has 1 aromatic carbocycles. The Morgan fingerprint density at radius 2 is 2.06 bits per heavy atom. The Hall–Kier alpha value is -1.72. The van der Waals surface area contributed by atoms with Crippen LogP contribution in [0.3, 0.4) is 0 Å². The number of aliphatic hydroxyl groups is 1. The molecular weight excluding hydrogens is 230 g/mol. The lowest BCUT2D eigenvalue weighted by Gasteiger charge is -2.16. The van der Waals surface area contributed by atoms with Gasteiger partial charge in [0.2, 0.25) is 0 Å². The summed E-state index contributed by atoms with van der Waals surface area (Å²) in [6, 6.07) is 9.68. The summed E-state index contributed by atoms with van der Waals surface area (Å²) in [6.07, 6.45) is 0. The first-order chi connectivity index (χ1) is 8.83. The highest BCUT2D eigenvalue weighted by atomic mass is 16.5. The van der Waals surface area contributed by atoms with E-state index in [0.717, 1.165) is 12.1 Å². The van der Waals surface area contributed by atoms with E-state index in [1.807, 2.05) is 37.3 Å². The van der Waals surface area contributed by atoms with Gasteiger partial charge < -0.3 is 9.63 Å². The summed E-state index contributed by atoms with van der Waals surface area (Å²) in [5.41, 5.74) is 0.918. The third-order valence-corrected chi connectivity index (χ3v) is 2.72.